The molecule has 0 saturated carbocycles. The van der Waals surface area contributed by atoms with E-state index in [1.54, 1.807) is 0 Å². The Balaban J connectivity index is 0.00000176. The molecule has 0 aromatic heterocycles. The summed E-state index contributed by atoms with van der Waals surface area (Å²) < 4.78 is 0. The molecule has 3 rings (SSSR count). The first-order valence-electron chi connectivity index (χ1n) is 6.56. The fourth-order valence-corrected chi connectivity index (χ4v) is 5.01. The van der Waals surface area contributed by atoms with Gasteiger partial charge >= 0.3 is 0 Å². The highest BCUT2D eigenvalue weighted by Crippen LogP contribution is 2.37. The van der Waals surface area contributed by atoms with Gasteiger partial charge in [-0.25, -0.2) is 0 Å². The highest BCUT2D eigenvalue weighted by Gasteiger charge is 2.32. The van der Waals surface area contributed by atoms with Crippen molar-refractivity contribution in [2.45, 2.75) is 14.7 Å². The molecule has 0 fully saturated rings. The second-order valence-corrected chi connectivity index (χ2v) is 7.26. The van der Waals surface area contributed by atoms with E-state index in [0.29, 0.717) is 0 Å². The molecule has 0 heterocycles. The van der Waals surface area contributed by atoms with Crippen molar-refractivity contribution in [3.05, 3.63) is 88.9 Å². The predicted octanol–water partition coefficient (Wildman–Crippen LogP) is 3.09. The summed E-state index contributed by atoms with van der Waals surface area (Å²) in [5.74, 6) is 0. The fraction of sp³-hybridized carbons (Fsp3) is 0. The highest BCUT2D eigenvalue weighted by atomic mass is 35.5. The van der Waals surface area contributed by atoms with Crippen LogP contribution in [0.2, 0.25) is 10.0 Å². The molecule has 0 aliphatic rings. The van der Waals surface area contributed by atoms with Crippen LogP contribution in [0.4, 0.5) is 0 Å². The van der Waals surface area contributed by atoms with Gasteiger partial charge < -0.3 is 12.4 Å². The van der Waals surface area contributed by atoms with E-state index in [4.69, 9.17) is 23.2 Å². The zero-order valence-electron chi connectivity index (χ0n) is 11.5. The minimum Gasteiger partial charge on any atom is -1.00 e. The van der Waals surface area contributed by atoms with Gasteiger partial charge in [0.05, 0.1) is 10.0 Å². The maximum absolute atomic E-state index is 6.43. The van der Waals surface area contributed by atoms with E-state index in [2.05, 4.69) is 24.3 Å². The zero-order valence-corrected chi connectivity index (χ0v) is 14.6. The Hall–Kier alpha value is -1.12. The SMILES string of the molecule is Clc1ccccc1[S+](c1ccccc1)c1ccccc1Cl.[Cl-]. The summed E-state index contributed by atoms with van der Waals surface area (Å²) in [6.07, 6.45) is 0. The summed E-state index contributed by atoms with van der Waals surface area (Å²) >= 11 is 12.9. The van der Waals surface area contributed by atoms with E-state index in [0.717, 1.165) is 19.8 Å². The summed E-state index contributed by atoms with van der Waals surface area (Å²) in [5.41, 5.74) is 0. The van der Waals surface area contributed by atoms with Crippen molar-refractivity contribution in [1.82, 2.24) is 0 Å². The molecule has 4 heteroatoms. The van der Waals surface area contributed by atoms with Crippen molar-refractivity contribution < 1.29 is 12.4 Å². The number of hydrogen-bond donors (Lipinski definition) is 0. The number of rotatable bonds is 3. The summed E-state index contributed by atoms with van der Waals surface area (Å²) in [6.45, 7) is 0. The van der Waals surface area contributed by atoms with Crippen molar-refractivity contribution in [3.8, 4) is 0 Å². The molecule has 0 spiro atoms. The minimum absolute atomic E-state index is 0. The van der Waals surface area contributed by atoms with Crippen LogP contribution >= 0.6 is 23.2 Å². The van der Waals surface area contributed by atoms with E-state index in [1.807, 2.05) is 54.6 Å². The molecule has 0 saturated heterocycles. The molecule has 0 amide bonds. The Morgan fingerprint density at radius 3 is 1.41 bits per heavy atom. The second kappa shape index (κ2) is 7.94. The van der Waals surface area contributed by atoms with Crippen molar-refractivity contribution in [3.63, 3.8) is 0 Å². The van der Waals surface area contributed by atoms with Gasteiger partial charge in [0.15, 0.2) is 14.7 Å². The third-order valence-electron chi connectivity index (χ3n) is 3.09. The van der Waals surface area contributed by atoms with Crippen molar-refractivity contribution in [1.29, 1.82) is 0 Å². The van der Waals surface area contributed by atoms with E-state index in [-0.39, 0.29) is 23.3 Å². The highest BCUT2D eigenvalue weighted by molar-refractivity contribution is 7.97. The molecular weight excluding hydrogens is 355 g/mol. The van der Waals surface area contributed by atoms with E-state index in [9.17, 15) is 0 Å². The molecule has 3 aromatic rings. The van der Waals surface area contributed by atoms with Gasteiger partial charge in [-0.3, -0.25) is 0 Å². The van der Waals surface area contributed by atoms with Crippen molar-refractivity contribution >= 4 is 34.1 Å². The largest absolute Gasteiger partial charge is 1.00 e. The molecule has 0 aliphatic heterocycles. The first-order chi connectivity index (χ1) is 10.3. The van der Waals surface area contributed by atoms with Gasteiger partial charge in [-0.2, -0.15) is 0 Å². The summed E-state index contributed by atoms with van der Waals surface area (Å²) in [6, 6.07) is 26.3. The van der Waals surface area contributed by atoms with Gasteiger partial charge in [0, 0.05) is 0 Å². The van der Waals surface area contributed by atoms with Gasteiger partial charge in [-0.15, -0.1) is 0 Å². The van der Waals surface area contributed by atoms with E-state index in [1.165, 1.54) is 4.90 Å². The third-order valence-corrected chi connectivity index (χ3v) is 6.31. The maximum Gasteiger partial charge on any atom is 0.185 e. The predicted molar refractivity (Wildman–Crippen MR) is 91.5 cm³/mol. The number of benzene rings is 3. The molecule has 0 nitrogen and oxygen atoms in total. The lowest BCUT2D eigenvalue weighted by atomic mass is 10.3. The van der Waals surface area contributed by atoms with Crippen LogP contribution in [-0.4, -0.2) is 0 Å². The lowest BCUT2D eigenvalue weighted by Gasteiger charge is -2.10. The first-order valence-corrected chi connectivity index (χ1v) is 8.54. The Kier molecular flexibility index (Phi) is 6.22. The third kappa shape index (κ3) is 3.61. The van der Waals surface area contributed by atoms with Crippen LogP contribution in [0.15, 0.2) is 93.5 Å². The van der Waals surface area contributed by atoms with Crippen LogP contribution in [0.3, 0.4) is 0 Å². The molecule has 22 heavy (non-hydrogen) atoms. The normalized spacial score (nSPS) is 10.3. The molecule has 3 aromatic carbocycles. The average Bonchev–Trinajstić information content (AvgIpc) is 2.52. The number of hydrogen-bond acceptors (Lipinski definition) is 0. The standard InChI is InChI=1S/C18H13Cl2S.ClH/c19-15-10-4-6-12-17(15)21(14-8-2-1-3-9-14)18-13-7-5-11-16(18)20;/h1-13H;1H/q+1;/p-1. The van der Waals surface area contributed by atoms with Gasteiger partial charge in [0.25, 0.3) is 0 Å². The quantitative estimate of drug-likeness (QED) is 0.624. The average molecular weight is 368 g/mol. The number of halogens is 3. The first kappa shape index (κ1) is 17.2. The smallest absolute Gasteiger partial charge is 0.185 e. The molecular formula is C18H13Cl3S. The van der Waals surface area contributed by atoms with Gasteiger partial charge in [-0.1, -0.05) is 65.7 Å². The monoisotopic (exact) mass is 366 g/mol. The van der Waals surface area contributed by atoms with Gasteiger partial charge in [0.1, 0.15) is 10.9 Å². The molecule has 0 N–H and O–H groups in total. The van der Waals surface area contributed by atoms with Gasteiger partial charge in [-0.05, 0) is 36.4 Å². The molecule has 0 unspecified atom stereocenters. The summed E-state index contributed by atoms with van der Waals surface area (Å²) in [5, 5.41) is 1.54. The Labute approximate surface area is 149 Å². The van der Waals surface area contributed by atoms with Crippen LogP contribution in [0.25, 0.3) is 0 Å². The molecule has 0 radical (unpaired) electrons. The lowest BCUT2D eigenvalue weighted by molar-refractivity contribution is -0.00000394. The Bertz CT molecular complexity index is 699. The fourth-order valence-electron chi connectivity index (χ4n) is 2.15. The van der Waals surface area contributed by atoms with Crippen LogP contribution in [0.5, 0.6) is 0 Å². The molecule has 112 valence electrons. The second-order valence-electron chi connectivity index (χ2n) is 4.48. The van der Waals surface area contributed by atoms with Crippen LogP contribution in [0.1, 0.15) is 0 Å². The van der Waals surface area contributed by atoms with E-state index < -0.39 is 0 Å². The topological polar surface area (TPSA) is 0 Å². The minimum atomic E-state index is -0.302. The van der Waals surface area contributed by atoms with Crippen molar-refractivity contribution in [2.24, 2.45) is 0 Å². The van der Waals surface area contributed by atoms with Crippen LogP contribution < -0.4 is 12.4 Å². The Morgan fingerprint density at radius 1 is 0.545 bits per heavy atom. The van der Waals surface area contributed by atoms with Gasteiger partial charge in [0.2, 0.25) is 0 Å². The summed E-state index contributed by atoms with van der Waals surface area (Å²) in [7, 11) is -0.302. The van der Waals surface area contributed by atoms with E-state index >= 15 is 0 Å². The van der Waals surface area contributed by atoms with Crippen LogP contribution in [-0.2, 0) is 10.9 Å². The van der Waals surface area contributed by atoms with Crippen molar-refractivity contribution in [2.75, 3.05) is 0 Å². The molecule has 0 aliphatic carbocycles. The maximum atomic E-state index is 6.43. The summed E-state index contributed by atoms with van der Waals surface area (Å²) in [4.78, 5) is 3.40. The molecule has 0 atom stereocenters. The Morgan fingerprint density at radius 2 is 0.955 bits per heavy atom. The van der Waals surface area contributed by atoms with Crippen LogP contribution in [0, 0.1) is 0 Å². The lowest BCUT2D eigenvalue weighted by Crippen LogP contribution is -3.00. The zero-order chi connectivity index (χ0) is 14.7. The molecule has 0 bridgehead atoms.